The molecule has 0 bridgehead atoms. The summed E-state index contributed by atoms with van der Waals surface area (Å²) in [7, 11) is 0. The number of carbonyl (C=O) groups excluding carboxylic acids is 2. The smallest absolute Gasteiger partial charge is 0.340 e. The first-order chi connectivity index (χ1) is 7.70. The fraction of sp³-hybridized carbons (Fsp3) is 0.364. The van der Waals surface area contributed by atoms with Crippen LogP contribution in [0.5, 0.6) is 0 Å². The largest absolute Gasteiger partial charge is 0.462 e. The molecule has 0 radical (unpaired) electrons. The molecular weight excluding hydrogens is 210 g/mol. The number of nitrogens with zero attached hydrogens (tertiary/aromatic N) is 1. The van der Waals surface area contributed by atoms with E-state index in [1.165, 1.54) is 18.5 Å². The second-order valence-electron chi connectivity index (χ2n) is 2.86. The minimum atomic E-state index is -0.571. The summed E-state index contributed by atoms with van der Waals surface area (Å²) in [5.74, 6) is -1.12. The van der Waals surface area contributed by atoms with Gasteiger partial charge < -0.3 is 9.47 Å². The van der Waals surface area contributed by atoms with Gasteiger partial charge in [0.05, 0.1) is 24.3 Å². The molecule has 5 heteroatoms. The van der Waals surface area contributed by atoms with Gasteiger partial charge in [0.1, 0.15) is 0 Å². The summed E-state index contributed by atoms with van der Waals surface area (Å²) >= 11 is 0. The molecule has 0 aliphatic rings. The Morgan fingerprint density at radius 3 is 2.25 bits per heavy atom. The monoisotopic (exact) mass is 223 g/mol. The van der Waals surface area contributed by atoms with Crippen molar-refractivity contribution in [3.63, 3.8) is 0 Å². The van der Waals surface area contributed by atoms with Crippen molar-refractivity contribution >= 4 is 11.9 Å². The molecule has 1 rings (SSSR count). The molecule has 5 nitrogen and oxygen atoms in total. The van der Waals surface area contributed by atoms with E-state index < -0.39 is 11.9 Å². The molecule has 1 aromatic heterocycles. The fourth-order valence-corrected chi connectivity index (χ4v) is 1.15. The summed E-state index contributed by atoms with van der Waals surface area (Å²) < 4.78 is 9.63. The SMILES string of the molecule is CCOC(=O)c1ccncc1C(=O)OCC. The van der Waals surface area contributed by atoms with Crippen LogP contribution in [0.1, 0.15) is 34.6 Å². The number of carbonyl (C=O) groups is 2. The third-order valence-electron chi connectivity index (χ3n) is 1.81. The number of ether oxygens (including phenoxy) is 2. The fourth-order valence-electron chi connectivity index (χ4n) is 1.15. The normalized spacial score (nSPS) is 9.62. The Kier molecular flexibility index (Phi) is 4.44. The van der Waals surface area contributed by atoms with Gasteiger partial charge in [-0.1, -0.05) is 0 Å². The zero-order valence-corrected chi connectivity index (χ0v) is 9.23. The van der Waals surface area contributed by atoms with Crippen molar-refractivity contribution in [3.8, 4) is 0 Å². The van der Waals surface area contributed by atoms with Gasteiger partial charge in [-0.05, 0) is 19.9 Å². The van der Waals surface area contributed by atoms with Crippen molar-refractivity contribution in [3.05, 3.63) is 29.6 Å². The molecule has 86 valence electrons. The van der Waals surface area contributed by atoms with E-state index in [0.29, 0.717) is 0 Å². The van der Waals surface area contributed by atoms with Crippen molar-refractivity contribution in [1.29, 1.82) is 0 Å². The third-order valence-corrected chi connectivity index (χ3v) is 1.81. The van der Waals surface area contributed by atoms with Crippen LogP contribution in [-0.2, 0) is 9.47 Å². The first-order valence-corrected chi connectivity index (χ1v) is 4.99. The molecule has 16 heavy (non-hydrogen) atoms. The average Bonchev–Trinajstić information content (AvgIpc) is 2.30. The van der Waals surface area contributed by atoms with Gasteiger partial charge in [-0.2, -0.15) is 0 Å². The zero-order chi connectivity index (χ0) is 12.0. The summed E-state index contributed by atoms with van der Waals surface area (Å²) in [5.41, 5.74) is 0.304. The van der Waals surface area contributed by atoms with E-state index in [1.54, 1.807) is 13.8 Å². The highest BCUT2D eigenvalue weighted by Gasteiger charge is 2.18. The Morgan fingerprint density at radius 1 is 1.12 bits per heavy atom. The van der Waals surface area contributed by atoms with Crippen LogP contribution < -0.4 is 0 Å². The van der Waals surface area contributed by atoms with Crippen molar-refractivity contribution in [2.75, 3.05) is 13.2 Å². The van der Waals surface area contributed by atoms with Crippen molar-refractivity contribution in [2.24, 2.45) is 0 Å². The van der Waals surface area contributed by atoms with Gasteiger partial charge in [-0.25, -0.2) is 9.59 Å². The van der Waals surface area contributed by atoms with Crippen molar-refractivity contribution in [1.82, 2.24) is 4.98 Å². The Hall–Kier alpha value is -1.91. The van der Waals surface area contributed by atoms with Gasteiger partial charge >= 0.3 is 11.9 Å². The van der Waals surface area contributed by atoms with Crippen LogP contribution in [0.3, 0.4) is 0 Å². The lowest BCUT2D eigenvalue weighted by molar-refractivity contribution is 0.0478. The maximum atomic E-state index is 11.5. The van der Waals surface area contributed by atoms with E-state index >= 15 is 0 Å². The zero-order valence-electron chi connectivity index (χ0n) is 9.23. The van der Waals surface area contributed by atoms with Crippen LogP contribution in [0.2, 0.25) is 0 Å². The Labute approximate surface area is 93.4 Å². The number of hydrogen-bond acceptors (Lipinski definition) is 5. The van der Waals surface area contributed by atoms with E-state index in [4.69, 9.17) is 9.47 Å². The minimum absolute atomic E-state index is 0.128. The standard InChI is InChI=1S/C11H13NO4/c1-3-15-10(13)8-5-6-12-7-9(8)11(14)16-4-2/h5-7H,3-4H2,1-2H3. The summed E-state index contributed by atoms with van der Waals surface area (Å²) in [5, 5.41) is 0. The van der Waals surface area contributed by atoms with E-state index in [2.05, 4.69) is 4.98 Å². The Balaban J connectivity index is 3.00. The summed E-state index contributed by atoms with van der Waals surface area (Å²) in [6, 6.07) is 1.43. The minimum Gasteiger partial charge on any atom is -0.462 e. The third kappa shape index (κ3) is 2.79. The van der Waals surface area contributed by atoms with Crippen LogP contribution in [-0.4, -0.2) is 30.1 Å². The molecule has 0 unspecified atom stereocenters. The van der Waals surface area contributed by atoms with Gasteiger partial charge in [0.15, 0.2) is 0 Å². The van der Waals surface area contributed by atoms with Crippen molar-refractivity contribution in [2.45, 2.75) is 13.8 Å². The number of aromatic nitrogens is 1. The summed E-state index contributed by atoms with van der Waals surface area (Å²) in [6.07, 6.45) is 2.72. The molecule has 0 amide bonds. The molecule has 1 aromatic rings. The highest BCUT2D eigenvalue weighted by molar-refractivity contribution is 6.02. The molecular formula is C11H13NO4. The Morgan fingerprint density at radius 2 is 1.69 bits per heavy atom. The van der Waals surface area contributed by atoms with E-state index in [0.717, 1.165) is 0 Å². The lowest BCUT2D eigenvalue weighted by Gasteiger charge is -2.06. The van der Waals surface area contributed by atoms with Crippen LogP contribution in [0.25, 0.3) is 0 Å². The van der Waals surface area contributed by atoms with E-state index in [9.17, 15) is 9.59 Å². The second-order valence-corrected chi connectivity index (χ2v) is 2.86. The molecule has 0 spiro atoms. The molecule has 0 aliphatic heterocycles. The number of rotatable bonds is 4. The quantitative estimate of drug-likeness (QED) is 0.722. The van der Waals surface area contributed by atoms with Gasteiger partial charge in [-0.15, -0.1) is 0 Å². The van der Waals surface area contributed by atoms with Gasteiger partial charge in [0.2, 0.25) is 0 Å². The highest BCUT2D eigenvalue weighted by Crippen LogP contribution is 2.10. The van der Waals surface area contributed by atoms with Crippen LogP contribution in [0, 0.1) is 0 Å². The van der Waals surface area contributed by atoms with Crippen LogP contribution in [0.15, 0.2) is 18.5 Å². The highest BCUT2D eigenvalue weighted by atomic mass is 16.5. The number of hydrogen-bond donors (Lipinski definition) is 0. The summed E-state index contributed by atoms with van der Waals surface area (Å²) in [4.78, 5) is 26.8. The topological polar surface area (TPSA) is 65.5 Å². The molecule has 0 aliphatic carbocycles. The molecule has 0 fully saturated rings. The lowest BCUT2D eigenvalue weighted by Crippen LogP contribution is -2.14. The molecule has 0 saturated carbocycles. The van der Waals surface area contributed by atoms with Gasteiger partial charge in [-0.3, -0.25) is 4.98 Å². The molecule has 1 heterocycles. The first-order valence-electron chi connectivity index (χ1n) is 4.99. The number of pyridine rings is 1. The van der Waals surface area contributed by atoms with E-state index in [-0.39, 0.29) is 24.3 Å². The van der Waals surface area contributed by atoms with Crippen LogP contribution >= 0.6 is 0 Å². The predicted molar refractivity (Wildman–Crippen MR) is 56.2 cm³/mol. The summed E-state index contributed by atoms with van der Waals surface area (Å²) in [6.45, 7) is 3.89. The first kappa shape index (κ1) is 12.2. The molecule has 0 atom stereocenters. The van der Waals surface area contributed by atoms with Crippen LogP contribution in [0.4, 0.5) is 0 Å². The lowest BCUT2D eigenvalue weighted by atomic mass is 10.1. The molecule has 0 saturated heterocycles. The average molecular weight is 223 g/mol. The van der Waals surface area contributed by atoms with Gasteiger partial charge in [0, 0.05) is 12.4 Å². The van der Waals surface area contributed by atoms with Gasteiger partial charge in [0.25, 0.3) is 0 Å². The molecule has 0 aromatic carbocycles. The molecule has 0 N–H and O–H groups in total. The second kappa shape index (κ2) is 5.85. The predicted octanol–water partition coefficient (Wildman–Crippen LogP) is 1.44. The Bertz CT molecular complexity index is 352. The van der Waals surface area contributed by atoms with Crippen molar-refractivity contribution < 1.29 is 19.1 Å². The number of esters is 2. The van der Waals surface area contributed by atoms with E-state index in [1.807, 2.05) is 0 Å². The maximum absolute atomic E-state index is 11.5. The maximum Gasteiger partial charge on any atom is 0.340 e.